The minimum absolute atomic E-state index is 0.410. The molecule has 3 nitrogen and oxygen atoms in total. The lowest BCUT2D eigenvalue weighted by Gasteiger charge is -2.07. The van der Waals surface area contributed by atoms with E-state index in [0.29, 0.717) is 18.9 Å². The molecule has 2 aromatic rings. The first kappa shape index (κ1) is 15.2. The fraction of sp³-hybridized carbons (Fsp3) is 0.200. The summed E-state index contributed by atoms with van der Waals surface area (Å²) in [6.07, 6.45) is 0. The number of nitrogens with two attached hydrogens (primary N) is 1. The van der Waals surface area contributed by atoms with Crippen molar-refractivity contribution in [3.63, 3.8) is 0 Å². The normalized spacial score (nSPS) is 12.1. The van der Waals surface area contributed by atoms with E-state index in [1.807, 2.05) is 48.5 Å². The summed E-state index contributed by atoms with van der Waals surface area (Å²) in [4.78, 5) is 0.804. The highest BCUT2D eigenvalue weighted by atomic mass is 79.9. The second-order valence-corrected chi connectivity index (χ2v) is 6.69. The molecule has 0 radical (unpaired) electrons. The van der Waals surface area contributed by atoms with Crippen molar-refractivity contribution < 1.29 is 8.95 Å². The van der Waals surface area contributed by atoms with Crippen LogP contribution in [0.15, 0.2) is 57.9 Å². The molecule has 2 N–H and O–H groups in total. The maximum absolute atomic E-state index is 12.1. The molecule has 0 saturated carbocycles. The molecular formula is C15H16BrNO2S. The first-order valence-corrected chi connectivity index (χ1v) is 8.36. The number of halogens is 1. The Hall–Kier alpha value is -1.17. The highest BCUT2D eigenvalue weighted by Crippen LogP contribution is 2.16. The van der Waals surface area contributed by atoms with Crippen LogP contribution in [-0.2, 0) is 17.3 Å². The average molecular weight is 354 g/mol. The minimum atomic E-state index is -1.05. The van der Waals surface area contributed by atoms with Crippen LogP contribution in [0.2, 0.25) is 0 Å². The van der Waals surface area contributed by atoms with Crippen molar-refractivity contribution >= 4 is 26.7 Å². The monoisotopic (exact) mass is 353 g/mol. The molecular weight excluding hydrogens is 338 g/mol. The van der Waals surface area contributed by atoms with Crippen LogP contribution in [0, 0.1) is 0 Å². The van der Waals surface area contributed by atoms with Crippen molar-refractivity contribution in [1.82, 2.24) is 0 Å². The van der Waals surface area contributed by atoms with E-state index in [4.69, 9.17) is 10.5 Å². The summed E-state index contributed by atoms with van der Waals surface area (Å²) in [6, 6.07) is 15.2. The lowest BCUT2D eigenvalue weighted by Crippen LogP contribution is -2.09. The van der Waals surface area contributed by atoms with Crippen LogP contribution < -0.4 is 10.5 Å². The van der Waals surface area contributed by atoms with Crippen molar-refractivity contribution in [3.05, 3.63) is 58.6 Å². The van der Waals surface area contributed by atoms with E-state index in [9.17, 15) is 4.21 Å². The van der Waals surface area contributed by atoms with Crippen LogP contribution in [0.1, 0.15) is 5.56 Å². The molecule has 0 aliphatic carbocycles. The fourth-order valence-electron chi connectivity index (χ4n) is 1.72. The molecule has 1 atom stereocenters. The van der Waals surface area contributed by atoms with E-state index in [0.717, 1.165) is 20.7 Å². The third kappa shape index (κ3) is 4.44. The van der Waals surface area contributed by atoms with Crippen LogP contribution in [0.25, 0.3) is 0 Å². The number of hydrogen-bond donors (Lipinski definition) is 1. The SMILES string of the molecule is NCc1cccc(OCCS(=O)c2cccc(Br)c2)c1. The zero-order chi connectivity index (χ0) is 14.4. The highest BCUT2D eigenvalue weighted by Gasteiger charge is 2.05. The van der Waals surface area contributed by atoms with Crippen LogP contribution in [0.4, 0.5) is 0 Å². The van der Waals surface area contributed by atoms with Crippen molar-refractivity contribution in [1.29, 1.82) is 0 Å². The smallest absolute Gasteiger partial charge is 0.119 e. The molecule has 0 heterocycles. The molecule has 0 amide bonds. The van der Waals surface area contributed by atoms with E-state index in [-0.39, 0.29) is 0 Å². The molecule has 0 spiro atoms. The van der Waals surface area contributed by atoms with Crippen LogP contribution >= 0.6 is 15.9 Å². The van der Waals surface area contributed by atoms with E-state index in [1.165, 1.54) is 0 Å². The van der Waals surface area contributed by atoms with Crippen molar-refractivity contribution in [2.45, 2.75) is 11.4 Å². The van der Waals surface area contributed by atoms with Crippen molar-refractivity contribution in [2.24, 2.45) is 5.73 Å². The average Bonchev–Trinajstić information content (AvgIpc) is 2.47. The Morgan fingerprint density at radius 3 is 2.70 bits per heavy atom. The van der Waals surface area contributed by atoms with Crippen LogP contribution in [0.5, 0.6) is 5.75 Å². The number of rotatable bonds is 6. The first-order valence-electron chi connectivity index (χ1n) is 6.25. The Morgan fingerprint density at radius 2 is 1.95 bits per heavy atom. The summed E-state index contributed by atoms with van der Waals surface area (Å²) in [5, 5.41) is 0. The second kappa shape index (κ2) is 7.57. The molecule has 0 aliphatic rings. The van der Waals surface area contributed by atoms with Gasteiger partial charge in [0.25, 0.3) is 0 Å². The molecule has 0 bridgehead atoms. The molecule has 1 unspecified atom stereocenters. The van der Waals surface area contributed by atoms with Gasteiger partial charge in [-0.25, -0.2) is 0 Å². The zero-order valence-corrected chi connectivity index (χ0v) is 13.3. The van der Waals surface area contributed by atoms with Crippen LogP contribution in [0.3, 0.4) is 0 Å². The maximum Gasteiger partial charge on any atom is 0.119 e. The van der Waals surface area contributed by atoms with Gasteiger partial charge in [0, 0.05) is 15.9 Å². The lowest BCUT2D eigenvalue weighted by molar-refractivity contribution is 0.342. The molecule has 0 aliphatic heterocycles. The first-order chi connectivity index (χ1) is 9.69. The minimum Gasteiger partial charge on any atom is -0.493 e. The number of benzene rings is 2. The maximum atomic E-state index is 12.1. The fourth-order valence-corrected chi connectivity index (χ4v) is 3.23. The van der Waals surface area contributed by atoms with E-state index in [2.05, 4.69) is 15.9 Å². The van der Waals surface area contributed by atoms with Gasteiger partial charge in [0.1, 0.15) is 12.4 Å². The van der Waals surface area contributed by atoms with Crippen LogP contribution in [-0.4, -0.2) is 16.6 Å². The van der Waals surface area contributed by atoms with Gasteiger partial charge in [0.2, 0.25) is 0 Å². The van der Waals surface area contributed by atoms with Gasteiger partial charge in [0.05, 0.1) is 16.6 Å². The quantitative estimate of drug-likeness (QED) is 0.867. The van der Waals surface area contributed by atoms with Gasteiger partial charge in [-0.05, 0) is 35.9 Å². The Labute approximate surface area is 129 Å². The molecule has 0 fully saturated rings. The van der Waals surface area contributed by atoms with Gasteiger partial charge >= 0.3 is 0 Å². The highest BCUT2D eigenvalue weighted by molar-refractivity contribution is 9.10. The summed E-state index contributed by atoms with van der Waals surface area (Å²) >= 11 is 3.37. The molecule has 106 valence electrons. The standard InChI is InChI=1S/C15H16BrNO2S/c16-13-4-2-6-15(10-13)20(18)8-7-19-14-5-1-3-12(9-14)11-17/h1-6,9-10H,7-8,11,17H2. The Balaban J connectivity index is 1.88. The Bertz CT molecular complexity index is 604. The summed E-state index contributed by atoms with van der Waals surface area (Å²) in [7, 11) is -1.05. The third-order valence-corrected chi connectivity index (χ3v) is 4.54. The summed E-state index contributed by atoms with van der Waals surface area (Å²) in [6.45, 7) is 0.897. The van der Waals surface area contributed by atoms with Gasteiger partial charge in [-0.3, -0.25) is 4.21 Å². The topological polar surface area (TPSA) is 52.3 Å². The predicted octanol–water partition coefficient (Wildman–Crippen LogP) is 3.09. The lowest BCUT2D eigenvalue weighted by atomic mass is 10.2. The molecule has 2 rings (SSSR count). The van der Waals surface area contributed by atoms with Gasteiger partial charge in [-0.15, -0.1) is 0 Å². The van der Waals surface area contributed by atoms with Gasteiger partial charge < -0.3 is 10.5 Å². The Morgan fingerprint density at radius 1 is 1.15 bits per heavy atom. The van der Waals surface area contributed by atoms with E-state index in [1.54, 1.807) is 0 Å². The predicted molar refractivity (Wildman–Crippen MR) is 85.2 cm³/mol. The largest absolute Gasteiger partial charge is 0.493 e. The molecule has 5 heteroatoms. The number of hydrogen-bond acceptors (Lipinski definition) is 3. The summed E-state index contributed by atoms with van der Waals surface area (Å²) in [5.74, 6) is 1.22. The third-order valence-electron chi connectivity index (χ3n) is 2.73. The Kier molecular flexibility index (Phi) is 5.76. The summed E-state index contributed by atoms with van der Waals surface area (Å²) in [5.41, 5.74) is 6.60. The van der Waals surface area contributed by atoms with Gasteiger partial charge in [-0.1, -0.05) is 34.1 Å². The summed E-state index contributed by atoms with van der Waals surface area (Å²) < 4.78 is 18.6. The van der Waals surface area contributed by atoms with Crippen molar-refractivity contribution in [3.8, 4) is 5.75 Å². The second-order valence-electron chi connectivity index (χ2n) is 4.21. The molecule has 2 aromatic carbocycles. The zero-order valence-electron chi connectivity index (χ0n) is 10.9. The van der Waals surface area contributed by atoms with Crippen molar-refractivity contribution in [2.75, 3.05) is 12.4 Å². The molecule has 0 saturated heterocycles. The van der Waals surface area contributed by atoms with E-state index >= 15 is 0 Å². The molecule has 0 aromatic heterocycles. The number of ether oxygens (including phenoxy) is 1. The molecule has 20 heavy (non-hydrogen) atoms. The van der Waals surface area contributed by atoms with E-state index < -0.39 is 10.8 Å². The van der Waals surface area contributed by atoms with Gasteiger partial charge in [0.15, 0.2) is 0 Å². The van der Waals surface area contributed by atoms with Gasteiger partial charge in [-0.2, -0.15) is 0 Å².